The summed E-state index contributed by atoms with van der Waals surface area (Å²) in [6, 6.07) is 0. The molecule has 0 unspecified atom stereocenters. The van der Waals surface area contributed by atoms with Crippen LogP contribution in [0.25, 0.3) is 0 Å². The first kappa shape index (κ1) is 11.5. The van der Waals surface area contributed by atoms with Crippen molar-refractivity contribution in [1.29, 1.82) is 0 Å². The molecule has 6 heteroatoms. The minimum absolute atomic E-state index is 0.610. The van der Waals surface area contributed by atoms with Crippen molar-refractivity contribution in [2.45, 2.75) is 0 Å². The highest BCUT2D eigenvalue weighted by Gasteiger charge is 2.15. The number of nitrogens with zero attached hydrogens (tertiary/aromatic N) is 1. The summed E-state index contributed by atoms with van der Waals surface area (Å²) < 4.78 is 11.1. The molecular weight excluding hydrogens is 200 g/mol. The maximum absolute atomic E-state index is 11.1. The van der Waals surface area contributed by atoms with E-state index in [1.165, 1.54) is 0 Å². The number of hydrazine groups is 1. The van der Waals surface area contributed by atoms with E-state index in [1.54, 1.807) is 0 Å². The van der Waals surface area contributed by atoms with Gasteiger partial charge < -0.3 is 10.7 Å². The molecule has 0 radical (unpaired) electrons. The maximum Gasteiger partial charge on any atom is 0.0555 e. The van der Waals surface area contributed by atoms with Crippen LogP contribution in [-0.4, -0.2) is 47.3 Å². The van der Waals surface area contributed by atoms with Gasteiger partial charge in [-0.05, 0) is 0 Å². The quantitative estimate of drug-likeness (QED) is 0.399. The van der Waals surface area contributed by atoms with E-state index in [9.17, 15) is 4.21 Å². The molecule has 0 saturated carbocycles. The molecule has 4 N–H and O–H groups in total. The minimum atomic E-state index is -0.610. The lowest BCUT2D eigenvalue weighted by atomic mass is 10.4. The van der Waals surface area contributed by atoms with Crippen LogP contribution < -0.4 is 16.6 Å². The van der Waals surface area contributed by atoms with Gasteiger partial charge in [0.2, 0.25) is 0 Å². The second-order valence-electron chi connectivity index (χ2n) is 3.23. The fourth-order valence-corrected chi connectivity index (χ4v) is 2.51. The zero-order valence-electron chi connectivity index (χ0n) is 8.45. The van der Waals surface area contributed by atoms with Crippen molar-refractivity contribution in [2.24, 2.45) is 5.84 Å². The third-order valence-corrected chi connectivity index (χ3v) is 3.44. The molecule has 1 rings (SSSR count). The number of rotatable bonds is 4. The van der Waals surface area contributed by atoms with Gasteiger partial charge in [-0.2, -0.15) is 0 Å². The van der Waals surface area contributed by atoms with Crippen molar-refractivity contribution in [3.63, 3.8) is 0 Å². The molecule has 1 saturated heterocycles. The Kier molecular flexibility index (Phi) is 4.92. The molecule has 0 aromatic rings. The summed E-state index contributed by atoms with van der Waals surface area (Å²) in [6.45, 7) is 2.55. The fraction of sp³-hybridized carbons (Fsp3) is 0.750. The molecule has 14 heavy (non-hydrogen) atoms. The van der Waals surface area contributed by atoms with Gasteiger partial charge in [0, 0.05) is 55.2 Å². The molecule has 0 bridgehead atoms. The number of hydrogen-bond donors (Lipinski definition) is 3. The highest BCUT2D eigenvalue weighted by atomic mass is 32.2. The monoisotopic (exact) mass is 218 g/mol. The standard InChI is InChI=1S/C8H18N4OS/c1-10-6-8(11-9)7-12-2-4-14(13)5-3-12/h6,10-11H,2-5,7,9H2,1H3/b8-6-. The summed E-state index contributed by atoms with van der Waals surface area (Å²) in [5, 5.41) is 2.93. The Morgan fingerprint density at radius 1 is 1.57 bits per heavy atom. The SMILES string of the molecule is CN/C=C(/CN1CCS(=O)CC1)NN. The van der Waals surface area contributed by atoms with Crippen LogP contribution >= 0.6 is 0 Å². The van der Waals surface area contributed by atoms with E-state index in [4.69, 9.17) is 5.84 Å². The van der Waals surface area contributed by atoms with Gasteiger partial charge in [-0.15, -0.1) is 0 Å². The Bertz CT molecular complexity index is 221. The molecule has 0 aliphatic carbocycles. The van der Waals surface area contributed by atoms with Gasteiger partial charge in [-0.1, -0.05) is 0 Å². The van der Waals surface area contributed by atoms with Crippen LogP contribution in [-0.2, 0) is 10.8 Å². The van der Waals surface area contributed by atoms with Crippen LogP contribution in [0.2, 0.25) is 0 Å². The topological polar surface area (TPSA) is 70.4 Å². The van der Waals surface area contributed by atoms with Crippen molar-refractivity contribution in [3.8, 4) is 0 Å². The van der Waals surface area contributed by atoms with Crippen molar-refractivity contribution < 1.29 is 4.21 Å². The Morgan fingerprint density at radius 2 is 2.21 bits per heavy atom. The van der Waals surface area contributed by atoms with Gasteiger partial charge in [0.25, 0.3) is 0 Å². The molecule has 0 aromatic carbocycles. The van der Waals surface area contributed by atoms with Crippen LogP contribution in [0.1, 0.15) is 0 Å². The second kappa shape index (κ2) is 6.00. The van der Waals surface area contributed by atoms with Crippen LogP contribution in [0.3, 0.4) is 0 Å². The van der Waals surface area contributed by atoms with Crippen molar-refractivity contribution in [3.05, 3.63) is 11.9 Å². The molecule has 1 aliphatic rings. The number of hydrogen-bond acceptors (Lipinski definition) is 5. The van der Waals surface area contributed by atoms with Crippen molar-refractivity contribution in [1.82, 2.24) is 15.6 Å². The Hall–Kier alpha value is -0.590. The third-order valence-electron chi connectivity index (χ3n) is 2.17. The normalized spacial score (nSPS) is 20.9. The van der Waals surface area contributed by atoms with E-state index in [0.29, 0.717) is 0 Å². The van der Waals surface area contributed by atoms with Crippen LogP contribution in [0, 0.1) is 0 Å². The summed E-state index contributed by atoms with van der Waals surface area (Å²) in [7, 11) is 1.23. The highest BCUT2D eigenvalue weighted by Crippen LogP contribution is 2.01. The van der Waals surface area contributed by atoms with E-state index in [2.05, 4.69) is 15.6 Å². The van der Waals surface area contributed by atoms with Crippen molar-refractivity contribution >= 4 is 10.8 Å². The lowest BCUT2D eigenvalue weighted by molar-refractivity contribution is 0.318. The smallest absolute Gasteiger partial charge is 0.0555 e. The number of nitrogens with one attached hydrogen (secondary N) is 2. The average molecular weight is 218 g/mol. The van der Waals surface area contributed by atoms with Gasteiger partial charge in [0.05, 0.1) is 5.70 Å². The largest absolute Gasteiger partial charge is 0.393 e. The first-order chi connectivity index (χ1) is 6.76. The van der Waals surface area contributed by atoms with E-state index < -0.39 is 10.8 Å². The predicted molar refractivity (Wildman–Crippen MR) is 58.8 cm³/mol. The molecule has 0 atom stereocenters. The number of nitrogens with two attached hydrogens (primary N) is 1. The van der Waals surface area contributed by atoms with E-state index in [-0.39, 0.29) is 0 Å². The predicted octanol–water partition coefficient (Wildman–Crippen LogP) is -1.43. The van der Waals surface area contributed by atoms with E-state index >= 15 is 0 Å². The van der Waals surface area contributed by atoms with E-state index in [1.807, 2.05) is 13.2 Å². The van der Waals surface area contributed by atoms with Gasteiger partial charge in [-0.25, -0.2) is 0 Å². The zero-order valence-corrected chi connectivity index (χ0v) is 9.27. The summed E-state index contributed by atoms with van der Waals surface area (Å²) in [5.41, 5.74) is 3.59. The summed E-state index contributed by atoms with van der Waals surface area (Å²) in [4.78, 5) is 2.24. The highest BCUT2D eigenvalue weighted by molar-refractivity contribution is 7.85. The summed E-state index contributed by atoms with van der Waals surface area (Å²) >= 11 is 0. The zero-order chi connectivity index (χ0) is 10.4. The summed E-state index contributed by atoms with van der Waals surface area (Å²) in [5.74, 6) is 6.91. The van der Waals surface area contributed by atoms with Gasteiger partial charge in [-0.3, -0.25) is 15.0 Å². The first-order valence-corrected chi connectivity index (χ1v) is 6.15. The van der Waals surface area contributed by atoms with Gasteiger partial charge >= 0.3 is 0 Å². The minimum Gasteiger partial charge on any atom is -0.393 e. The molecule has 1 fully saturated rings. The molecule has 1 heterocycles. The van der Waals surface area contributed by atoms with Crippen molar-refractivity contribution in [2.75, 3.05) is 38.2 Å². The average Bonchev–Trinajstić information content (AvgIpc) is 2.20. The molecule has 1 aliphatic heterocycles. The lowest BCUT2D eigenvalue weighted by Gasteiger charge is -2.26. The molecular formula is C8H18N4OS. The summed E-state index contributed by atoms with van der Waals surface area (Å²) in [6.07, 6.45) is 1.84. The fourth-order valence-electron chi connectivity index (χ4n) is 1.38. The third kappa shape index (κ3) is 3.65. The second-order valence-corrected chi connectivity index (χ2v) is 4.92. The molecule has 0 amide bonds. The maximum atomic E-state index is 11.1. The molecule has 82 valence electrons. The van der Waals surface area contributed by atoms with Gasteiger partial charge in [0.1, 0.15) is 0 Å². The van der Waals surface area contributed by atoms with Crippen LogP contribution in [0.4, 0.5) is 0 Å². The van der Waals surface area contributed by atoms with Crippen LogP contribution in [0.5, 0.6) is 0 Å². The Labute approximate surface area is 87.1 Å². The Balaban J connectivity index is 2.36. The molecule has 5 nitrogen and oxygen atoms in total. The first-order valence-electron chi connectivity index (χ1n) is 4.66. The lowest BCUT2D eigenvalue weighted by Crippen LogP contribution is -2.41. The van der Waals surface area contributed by atoms with E-state index in [0.717, 1.165) is 36.8 Å². The van der Waals surface area contributed by atoms with Crippen LogP contribution in [0.15, 0.2) is 11.9 Å². The van der Waals surface area contributed by atoms with Gasteiger partial charge in [0.15, 0.2) is 0 Å². The molecule has 0 spiro atoms. The molecule has 0 aromatic heterocycles. The Morgan fingerprint density at radius 3 is 2.71 bits per heavy atom.